The first-order valence-corrected chi connectivity index (χ1v) is 42.1. The number of phosphoric acid groups is 2. The highest BCUT2D eigenvalue weighted by atomic mass is 31.2. The number of rotatable bonds is 72. The number of carbonyl (C=O) groups excluding carboxylic acids is 4. The zero-order valence-electron chi connectivity index (χ0n) is 63.5. The van der Waals surface area contributed by atoms with Crippen molar-refractivity contribution in [3.63, 3.8) is 0 Å². The summed E-state index contributed by atoms with van der Waals surface area (Å²) in [6.07, 6.45) is 84.5. The minimum atomic E-state index is -5.00. The minimum Gasteiger partial charge on any atom is -0.462 e. The summed E-state index contributed by atoms with van der Waals surface area (Å²) in [4.78, 5) is 72.8. The highest BCUT2D eigenvalue weighted by molar-refractivity contribution is 7.47. The topological polar surface area (TPSA) is 237 Å². The van der Waals surface area contributed by atoms with Crippen molar-refractivity contribution < 1.29 is 80.2 Å². The Morgan fingerprint density at radius 2 is 0.569 bits per heavy atom. The van der Waals surface area contributed by atoms with Gasteiger partial charge < -0.3 is 33.8 Å². The van der Waals surface area contributed by atoms with Crippen molar-refractivity contribution in [1.29, 1.82) is 0 Å². The molecule has 19 heteroatoms. The van der Waals surface area contributed by atoms with Crippen LogP contribution in [-0.2, 0) is 65.4 Å². The van der Waals surface area contributed by atoms with E-state index < -0.39 is 97.5 Å². The van der Waals surface area contributed by atoms with E-state index in [-0.39, 0.29) is 25.7 Å². The van der Waals surface area contributed by atoms with E-state index >= 15 is 0 Å². The summed E-state index contributed by atoms with van der Waals surface area (Å²) in [6.45, 7) is 4.43. The fourth-order valence-corrected chi connectivity index (χ4v) is 11.5. The molecular formula is C83H138O17P2. The van der Waals surface area contributed by atoms with Gasteiger partial charge >= 0.3 is 39.5 Å². The van der Waals surface area contributed by atoms with Crippen LogP contribution < -0.4 is 0 Å². The first kappa shape index (κ1) is 96.9. The highest BCUT2D eigenvalue weighted by Gasteiger charge is 2.30. The van der Waals surface area contributed by atoms with Gasteiger partial charge in [0.2, 0.25) is 0 Å². The lowest BCUT2D eigenvalue weighted by molar-refractivity contribution is -0.161. The van der Waals surface area contributed by atoms with E-state index in [9.17, 15) is 43.2 Å². The smallest absolute Gasteiger partial charge is 0.462 e. The lowest BCUT2D eigenvalue weighted by atomic mass is 10.0. The number of hydrogen-bond acceptors (Lipinski definition) is 15. The van der Waals surface area contributed by atoms with Gasteiger partial charge in [-0.15, -0.1) is 0 Å². The molecule has 582 valence electrons. The van der Waals surface area contributed by atoms with Crippen LogP contribution in [0.25, 0.3) is 0 Å². The average Bonchev–Trinajstić information content (AvgIpc) is 0.908. The predicted octanol–water partition coefficient (Wildman–Crippen LogP) is 22.7. The second kappa shape index (κ2) is 74.2. The first-order chi connectivity index (χ1) is 49.7. The van der Waals surface area contributed by atoms with Crippen molar-refractivity contribution in [3.05, 3.63) is 146 Å². The quantitative estimate of drug-likeness (QED) is 0.0169. The monoisotopic (exact) mass is 1470 g/mol. The standard InChI is InChI=1S/C83H138O17P2/c1-5-9-13-17-21-25-29-33-36-37-38-39-42-45-48-52-56-60-64-68-81(86)94-73-78(99-82(87)69-65-61-57-53-49-43-32-28-24-20-16-12-8-4)75-97-101(89,90)95-71-77(84)72-96-102(91,92)98-76-79(100-83(88)70-66-62-58-54-50-46-41-35-31-27-23-19-15-11-7-3)74-93-80(85)67-63-59-55-51-47-44-40-34-30-26-22-18-14-10-6-2/h9-10,13-14,21-22,25-26,33-36,38-41,45,47-48,51,56,59-60,63,77-79,84H,5-8,11-12,15-20,23-24,27-32,37,42-44,46,49-50,52-55,57-58,61-62,64-76H2,1-4H3,(H,89,90)(H,91,92)/b13-9-,14-10-,25-21-,26-22-,36-33-,39-38-,40-34-,41-35-,48-45-,51-47-,60-56-,63-59-. The highest BCUT2D eigenvalue weighted by Crippen LogP contribution is 2.45. The van der Waals surface area contributed by atoms with Crippen molar-refractivity contribution >= 4 is 39.5 Å². The van der Waals surface area contributed by atoms with E-state index in [1.807, 2.05) is 36.5 Å². The van der Waals surface area contributed by atoms with Gasteiger partial charge in [-0.3, -0.25) is 37.3 Å². The van der Waals surface area contributed by atoms with E-state index in [4.69, 9.17) is 37.0 Å². The normalized spacial score (nSPS) is 14.7. The number of esters is 4. The van der Waals surface area contributed by atoms with Crippen molar-refractivity contribution in [2.24, 2.45) is 0 Å². The molecule has 0 aromatic carbocycles. The molecule has 17 nitrogen and oxygen atoms in total. The fraction of sp³-hybridized carbons (Fsp3) is 0.663. The molecule has 0 amide bonds. The molecule has 0 aliphatic carbocycles. The van der Waals surface area contributed by atoms with Crippen molar-refractivity contribution in [1.82, 2.24) is 0 Å². The lowest BCUT2D eigenvalue weighted by Crippen LogP contribution is -2.30. The Morgan fingerprint density at radius 1 is 0.294 bits per heavy atom. The van der Waals surface area contributed by atoms with Gasteiger partial charge in [0.1, 0.15) is 19.3 Å². The molecule has 5 atom stereocenters. The Labute approximate surface area is 617 Å². The SMILES string of the molecule is CC/C=C\C/C=C\C/C=C\C/C=C\C/C=C\C/C=C\CCC(=O)OCC(COP(=O)(O)OCC(O)COP(=O)(O)OCC(COC(=O)C/C=C\C/C=C\C/C=C\C/C=C\C/C=C\CC)OC(=O)CCCCCCC/C=C\CCCCCCCC)OC(=O)CCCCCCCCCCCCCCC. The van der Waals surface area contributed by atoms with E-state index in [2.05, 4.69) is 131 Å². The van der Waals surface area contributed by atoms with Crippen molar-refractivity contribution in [2.45, 2.75) is 316 Å². The Hall–Kier alpha value is -5.06. The lowest BCUT2D eigenvalue weighted by Gasteiger charge is -2.21. The van der Waals surface area contributed by atoms with Gasteiger partial charge in [-0.05, 0) is 116 Å². The third-order valence-corrected chi connectivity index (χ3v) is 17.7. The zero-order chi connectivity index (χ0) is 74.6. The Bertz CT molecular complexity index is 2510. The van der Waals surface area contributed by atoms with Crippen LogP contribution in [-0.4, -0.2) is 96.7 Å². The third kappa shape index (κ3) is 73.3. The number of phosphoric ester groups is 2. The molecule has 0 heterocycles. The summed E-state index contributed by atoms with van der Waals surface area (Å²) in [7, 11) is -10.0. The van der Waals surface area contributed by atoms with Crippen LogP contribution in [0, 0.1) is 0 Å². The van der Waals surface area contributed by atoms with Gasteiger partial charge in [-0.25, -0.2) is 9.13 Å². The number of unbranched alkanes of at least 4 members (excludes halogenated alkanes) is 23. The summed E-state index contributed by atoms with van der Waals surface area (Å²) in [5.41, 5.74) is 0. The first-order valence-electron chi connectivity index (χ1n) is 39.1. The molecule has 102 heavy (non-hydrogen) atoms. The maximum atomic E-state index is 13.1. The summed E-state index contributed by atoms with van der Waals surface area (Å²) in [6, 6.07) is 0. The van der Waals surface area contributed by atoms with E-state index in [0.29, 0.717) is 32.1 Å². The minimum absolute atomic E-state index is 0.0325. The number of hydrogen-bond donors (Lipinski definition) is 3. The van der Waals surface area contributed by atoms with Crippen LogP contribution in [0.4, 0.5) is 0 Å². The van der Waals surface area contributed by atoms with Crippen LogP contribution in [0.1, 0.15) is 297 Å². The molecule has 0 spiro atoms. The molecule has 0 bridgehead atoms. The van der Waals surface area contributed by atoms with Crippen LogP contribution in [0.2, 0.25) is 0 Å². The Balaban J connectivity index is 5.48. The van der Waals surface area contributed by atoms with Crippen molar-refractivity contribution in [2.75, 3.05) is 39.6 Å². The molecule has 0 aliphatic heterocycles. The second-order valence-corrected chi connectivity index (χ2v) is 28.5. The molecule has 0 saturated heterocycles. The predicted molar refractivity (Wildman–Crippen MR) is 417 cm³/mol. The molecule has 0 fully saturated rings. The van der Waals surface area contributed by atoms with Crippen LogP contribution in [0.5, 0.6) is 0 Å². The fourth-order valence-electron chi connectivity index (χ4n) is 9.96. The number of ether oxygens (including phenoxy) is 4. The van der Waals surface area contributed by atoms with Crippen LogP contribution in [0.15, 0.2) is 146 Å². The molecule has 0 radical (unpaired) electrons. The molecular weight excluding hydrogens is 1330 g/mol. The molecule has 0 saturated carbocycles. The number of carbonyl (C=O) groups is 4. The van der Waals surface area contributed by atoms with Gasteiger partial charge in [0.05, 0.1) is 32.8 Å². The van der Waals surface area contributed by atoms with Gasteiger partial charge in [-0.1, -0.05) is 302 Å². The third-order valence-electron chi connectivity index (χ3n) is 15.8. The van der Waals surface area contributed by atoms with Gasteiger partial charge in [0, 0.05) is 19.3 Å². The summed E-state index contributed by atoms with van der Waals surface area (Å²) >= 11 is 0. The summed E-state index contributed by atoms with van der Waals surface area (Å²) < 4.78 is 68.3. The van der Waals surface area contributed by atoms with Crippen molar-refractivity contribution in [3.8, 4) is 0 Å². The average molecular weight is 1470 g/mol. The van der Waals surface area contributed by atoms with Crippen LogP contribution in [0.3, 0.4) is 0 Å². The molecule has 0 aromatic rings. The maximum absolute atomic E-state index is 13.1. The van der Waals surface area contributed by atoms with Gasteiger partial charge in [0.25, 0.3) is 0 Å². The Kier molecular flexibility index (Phi) is 70.5. The van der Waals surface area contributed by atoms with Gasteiger partial charge in [0.15, 0.2) is 12.2 Å². The molecule has 0 aromatic heterocycles. The van der Waals surface area contributed by atoms with E-state index in [0.717, 1.165) is 122 Å². The largest absolute Gasteiger partial charge is 0.472 e. The van der Waals surface area contributed by atoms with E-state index in [1.165, 1.54) is 89.9 Å². The molecule has 3 N–H and O–H groups in total. The number of aliphatic hydroxyl groups is 1. The number of allylic oxidation sites excluding steroid dienone is 23. The molecule has 5 unspecified atom stereocenters. The van der Waals surface area contributed by atoms with Crippen LogP contribution >= 0.6 is 15.6 Å². The van der Waals surface area contributed by atoms with Gasteiger partial charge in [-0.2, -0.15) is 0 Å². The maximum Gasteiger partial charge on any atom is 0.472 e. The van der Waals surface area contributed by atoms with E-state index in [1.54, 1.807) is 6.08 Å². The molecule has 0 aliphatic rings. The second-order valence-electron chi connectivity index (χ2n) is 25.6. The Morgan fingerprint density at radius 3 is 0.912 bits per heavy atom. The molecule has 0 rings (SSSR count). The number of aliphatic hydroxyl groups excluding tert-OH is 1. The zero-order valence-corrected chi connectivity index (χ0v) is 65.3. The summed E-state index contributed by atoms with van der Waals surface area (Å²) in [5.74, 6) is -2.43. The summed E-state index contributed by atoms with van der Waals surface area (Å²) in [5, 5.41) is 10.6.